The van der Waals surface area contributed by atoms with E-state index in [-0.39, 0.29) is 6.04 Å². The number of benzene rings is 2. The molecule has 0 spiro atoms. The average Bonchev–Trinajstić information content (AvgIpc) is 2.47. The second-order valence-electron chi connectivity index (χ2n) is 4.33. The first-order chi connectivity index (χ1) is 9.24. The van der Waals surface area contributed by atoms with Crippen LogP contribution in [-0.4, -0.2) is 7.11 Å². The van der Waals surface area contributed by atoms with E-state index < -0.39 is 0 Å². The van der Waals surface area contributed by atoms with Crippen molar-refractivity contribution < 1.29 is 4.74 Å². The van der Waals surface area contributed by atoms with Gasteiger partial charge in [0.25, 0.3) is 0 Å². The third-order valence-corrected chi connectivity index (χ3v) is 4.11. The van der Waals surface area contributed by atoms with Crippen LogP contribution in [0.1, 0.15) is 24.9 Å². The largest absolute Gasteiger partial charge is 0.497 e. The minimum atomic E-state index is 0.0920. The standard InChI is InChI=1S/C16H19NOS/c1-3-15(17)14-9-4-5-10-16(14)19-13-8-6-7-12(11-13)18-2/h4-11,15H,3,17H2,1-2H3/t15-/m1/s1. The van der Waals surface area contributed by atoms with Crippen LogP contribution in [0.15, 0.2) is 58.3 Å². The van der Waals surface area contributed by atoms with Crippen LogP contribution in [0.3, 0.4) is 0 Å². The van der Waals surface area contributed by atoms with Crippen LogP contribution in [0, 0.1) is 0 Å². The summed E-state index contributed by atoms with van der Waals surface area (Å²) in [5, 5.41) is 0. The zero-order valence-corrected chi connectivity index (χ0v) is 12.1. The molecule has 3 heteroatoms. The summed E-state index contributed by atoms with van der Waals surface area (Å²) < 4.78 is 5.25. The van der Waals surface area contributed by atoms with Gasteiger partial charge in [-0.15, -0.1) is 0 Å². The fraction of sp³-hybridized carbons (Fsp3) is 0.250. The van der Waals surface area contributed by atoms with Crippen molar-refractivity contribution in [1.82, 2.24) is 0 Å². The predicted octanol–water partition coefficient (Wildman–Crippen LogP) is 4.26. The lowest BCUT2D eigenvalue weighted by Gasteiger charge is -2.14. The molecule has 0 unspecified atom stereocenters. The molecule has 0 amide bonds. The zero-order chi connectivity index (χ0) is 13.7. The van der Waals surface area contributed by atoms with Crippen LogP contribution in [-0.2, 0) is 0 Å². The lowest BCUT2D eigenvalue weighted by atomic mass is 10.1. The number of hydrogen-bond donors (Lipinski definition) is 1. The normalized spacial score (nSPS) is 12.2. The highest BCUT2D eigenvalue weighted by Gasteiger charge is 2.10. The maximum Gasteiger partial charge on any atom is 0.119 e. The Labute approximate surface area is 119 Å². The van der Waals surface area contributed by atoms with E-state index in [1.165, 1.54) is 10.5 Å². The summed E-state index contributed by atoms with van der Waals surface area (Å²) in [6, 6.07) is 16.5. The predicted molar refractivity (Wildman–Crippen MR) is 80.8 cm³/mol. The summed E-state index contributed by atoms with van der Waals surface area (Å²) in [5.74, 6) is 0.877. The summed E-state index contributed by atoms with van der Waals surface area (Å²) in [6.45, 7) is 2.11. The van der Waals surface area contributed by atoms with E-state index in [4.69, 9.17) is 10.5 Å². The Morgan fingerprint density at radius 3 is 2.68 bits per heavy atom. The highest BCUT2D eigenvalue weighted by molar-refractivity contribution is 7.99. The molecule has 19 heavy (non-hydrogen) atoms. The molecule has 0 heterocycles. The van der Waals surface area contributed by atoms with Crippen LogP contribution in [0.5, 0.6) is 5.75 Å². The molecule has 0 saturated heterocycles. The van der Waals surface area contributed by atoms with Gasteiger partial charge in [-0.25, -0.2) is 0 Å². The quantitative estimate of drug-likeness (QED) is 0.884. The molecule has 100 valence electrons. The van der Waals surface area contributed by atoms with E-state index in [1.807, 2.05) is 30.3 Å². The van der Waals surface area contributed by atoms with Crippen LogP contribution >= 0.6 is 11.8 Å². The fourth-order valence-electron chi connectivity index (χ4n) is 1.89. The van der Waals surface area contributed by atoms with Crippen molar-refractivity contribution in [1.29, 1.82) is 0 Å². The van der Waals surface area contributed by atoms with Crippen molar-refractivity contribution >= 4 is 11.8 Å². The molecule has 0 radical (unpaired) electrons. The molecular weight excluding hydrogens is 254 g/mol. The minimum absolute atomic E-state index is 0.0920. The van der Waals surface area contributed by atoms with Gasteiger partial charge in [0.1, 0.15) is 5.75 Å². The Morgan fingerprint density at radius 1 is 1.16 bits per heavy atom. The first-order valence-electron chi connectivity index (χ1n) is 6.41. The monoisotopic (exact) mass is 273 g/mol. The number of rotatable bonds is 5. The maximum atomic E-state index is 6.17. The number of hydrogen-bond acceptors (Lipinski definition) is 3. The van der Waals surface area contributed by atoms with Gasteiger partial charge < -0.3 is 10.5 Å². The molecular formula is C16H19NOS. The van der Waals surface area contributed by atoms with Gasteiger partial charge in [0, 0.05) is 15.8 Å². The Kier molecular flexibility index (Phi) is 4.88. The van der Waals surface area contributed by atoms with Crippen LogP contribution < -0.4 is 10.5 Å². The molecule has 0 aliphatic carbocycles. The second kappa shape index (κ2) is 6.64. The Bertz CT molecular complexity index is 542. The van der Waals surface area contributed by atoms with Gasteiger partial charge in [-0.05, 0) is 36.2 Å². The van der Waals surface area contributed by atoms with Gasteiger partial charge in [-0.3, -0.25) is 0 Å². The van der Waals surface area contributed by atoms with Gasteiger partial charge in [-0.2, -0.15) is 0 Å². The SMILES string of the molecule is CC[C@@H](N)c1ccccc1Sc1cccc(OC)c1. The topological polar surface area (TPSA) is 35.2 Å². The minimum Gasteiger partial charge on any atom is -0.497 e. The zero-order valence-electron chi connectivity index (χ0n) is 11.3. The van der Waals surface area contributed by atoms with Crippen molar-refractivity contribution in [3.8, 4) is 5.75 Å². The second-order valence-corrected chi connectivity index (χ2v) is 5.45. The van der Waals surface area contributed by atoms with Crippen LogP contribution in [0.2, 0.25) is 0 Å². The molecule has 2 aromatic carbocycles. The summed E-state index contributed by atoms with van der Waals surface area (Å²) >= 11 is 1.73. The highest BCUT2D eigenvalue weighted by atomic mass is 32.2. The molecule has 2 nitrogen and oxygen atoms in total. The first-order valence-corrected chi connectivity index (χ1v) is 7.22. The average molecular weight is 273 g/mol. The van der Waals surface area contributed by atoms with Crippen LogP contribution in [0.4, 0.5) is 0 Å². The molecule has 2 rings (SSSR count). The van der Waals surface area contributed by atoms with Gasteiger partial charge >= 0.3 is 0 Å². The van der Waals surface area contributed by atoms with Gasteiger partial charge in [0.05, 0.1) is 7.11 Å². The van der Waals surface area contributed by atoms with E-state index in [2.05, 4.69) is 25.1 Å². The van der Waals surface area contributed by atoms with Crippen molar-refractivity contribution in [3.05, 3.63) is 54.1 Å². The molecule has 2 aromatic rings. The highest BCUT2D eigenvalue weighted by Crippen LogP contribution is 2.34. The number of nitrogens with two attached hydrogens (primary N) is 1. The molecule has 0 aliphatic heterocycles. The maximum absolute atomic E-state index is 6.17. The summed E-state index contributed by atoms with van der Waals surface area (Å²) in [7, 11) is 1.69. The van der Waals surface area contributed by atoms with E-state index in [1.54, 1.807) is 18.9 Å². The summed E-state index contributed by atoms with van der Waals surface area (Å²) in [6.07, 6.45) is 0.940. The van der Waals surface area contributed by atoms with Crippen molar-refractivity contribution in [3.63, 3.8) is 0 Å². The van der Waals surface area contributed by atoms with Gasteiger partial charge in [0.2, 0.25) is 0 Å². The molecule has 0 saturated carbocycles. The first kappa shape index (κ1) is 14.0. The van der Waals surface area contributed by atoms with E-state index in [0.717, 1.165) is 17.1 Å². The number of ether oxygens (including phenoxy) is 1. The lowest BCUT2D eigenvalue weighted by molar-refractivity contribution is 0.413. The van der Waals surface area contributed by atoms with Crippen molar-refractivity contribution in [2.45, 2.75) is 29.2 Å². The molecule has 0 aliphatic rings. The molecule has 0 fully saturated rings. The molecule has 2 N–H and O–H groups in total. The third-order valence-electron chi connectivity index (χ3n) is 3.03. The Hall–Kier alpha value is -1.45. The third kappa shape index (κ3) is 3.52. The molecule has 1 atom stereocenters. The Balaban J connectivity index is 2.27. The van der Waals surface area contributed by atoms with E-state index in [9.17, 15) is 0 Å². The Morgan fingerprint density at radius 2 is 1.95 bits per heavy atom. The molecule has 0 bridgehead atoms. The van der Waals surface area contributed by atoms with E-state index in [0.29, 0.717) is 0 Å². The van der Waals surface area contributed by atoms with E-state index >= 15 is 0 Å². The smallest absolute Gasteiger partial charge is 0.119 e. The van der Waals surface area contributed by atoms with Crippen LogP contribution in [0.25, 0.3) is 0 Å². The van der Waals surface area contributed by atoms with Gasteiger partial charge in [0.15, 0.2) is 0 Å². The van der Waals surface area contributed by atoms with Gasteiger partial charge in [-0.1, -0.05) is 43.0 Å². The number of methoxy groups -OCH3 is 1. The fourth-order valence-corrected chi connectivity index (χ4v) is 2.95. The van der Waals surface area contributed by atoms with Crippen molar-refractivity contribution in [2.24, 2.45) is 5.73 Å². The summed E-state index contributed by atoms with van der Waals surface area (Å²) in [5.41, 5.74) is 7.37. The summed E-state index contributed by atoms with van der Waals surface area (Å²) in [4.78, 5) is 2.38. The van der Waals surface area contributed by atoms with Crippen molar-refractivity contribution in [2.75, 3.05) is 7.11 Å². The molecule has 0 aromatic heterocycles. The lowest BCUT2D eigenvalue weighted by Crippen LogP contribution is -2.09.